The summed E-state index contributed by atoms with van der Waals surface area (Å²) in [4.78, 5) is 11.8. The average Bonchev–Trinajstić information content (AvgIpc) is 3.11. The normalized spacial score (nSPS) is 43.5. The summed E-state index contributed by atoms with van der Waals surface area (Å²) < 4.78 is 5.16. The van der Waals surface area contributed by atoms with Crippen molar-refractivity contribution in [3.05, 3.63) is 0 Å². The number of terminal acetylenes is 1. The highest BCUT2D eigenvalue weighted by Crippen LogP contribution is 2.69. The van der Waals surface area contributed by atoms with Crippen LogP contribution in [0.1, 0.15) is 111 Å². The molecule has 4 aliphatic carbocycles. The number of hydrogen-bond donors (Lipinski definition) is 0. The van der Waals surface area contributed by atoms with Crippen LogP contribution in [0.15, 0.2) is 0 Å². The predicted molar refractivity (Wildman–Crippen MR) is 129 cm³/mol. The lowest BCUT2D eigenvalue weighted by Crippen LogP contribution is -2.55. The minimum Gasteiger partial charge on any atom is -0.466 e. The van der Waals surface area contributed by atoms with Crippen LogP contribution in [0, 0.1) is 59.2 Å². The smallest absolute Gasteiger partial charge is 0.305 e. The number of carbonyl (C=O) groups is 1. The Morgan fingerprint density at radius 3 is 2.39 bits per heavy atom. The van der Waals surface area contributed by atoms with Gasteiger partial charge in [-0.1, -0.05) is 40.0 Å². The van der Waals surface area contributed by atoms with E-state index in [1.807, 2.05) is 6.92 Å². The molecule has 8 atom stereocenters. The summed E-state index contributed by atoms with van der Waals surface area (Å²) in [7, 11) is 0. The van der Waals surface area contributed by atoms with Crippen LogP contribution in [0.4, 0.5) is 0 Å². The zero-order valence-corrected chi connectivity index (χ0v) is 20.8. The van der Waals surface area contributed by atoms with Gasteiger partial charge in [0, 0.05) is 6.42 Å². The second-order valence-electron chi connectivity index (χ2n) is 11.7. The standard InChI is InChI=1S/C27H46O2.C2H2/c1-5-19-18-21-23-14-13-20(10-9-12-25(28)29-6-2)26(23,3)17-15-24(21)27(4)16-8-7-11-22(19)27;1-2/h19-24H,5-18H2,1-4H3;1-2H/t19-,20-,21-,22-,23?,24-,26+,27-;/m0./s1. The van der Waals surface area contributed by atoms with Gasteiger partial charge in [-0.05, 0) is 111 Å². The Morgan fingerprint density at radius 1 is 0.935 bits per heavy atom. The van der Waals surface area contributed by atoms with Crippen molar-refractivity contribution in [1.29, 1.82) is 0 Å². The molecule has 4 aliphatic rings. The van der Waals surface area contributed by atoms with Crippen LogP contribution in [-0.4, -0.2) is 12.6 Å². The van der Waals surface area contributed by atoms with Crippen LogP contribution in [0.2, 0.25) is 0 Å². The van der Waals surface area contributed by atoms with Crippen molar-refractivity contribution < 1.29 is 9.53 Å². The summed E-state index contributed by atoms with van der Waals surface area (Å²) in [5.41, 5.74) is 1.16. The number of fused-ring (bicyclic) bond motifs is 5. The maximum Gasteiger partial charge on any atom is 0.305 e. The minimum absolute atomic E-state index is 0.00485. The Kier molecular flexibility index (Phi) is 8.21. The highest BCUT2D eigenvalue weighted by atomic mass is 16.5. The molecule has 1 unspecified atom stereocenters. The van der Waals surface area contributed by atoms with Crippen LogP contribution < -0.4 is 0 Å². The van der Waals surface area contributed by atoms with Crippen LogP contribution in [0.3, 0.4) is 0 Å². The van der Waals surface area contributed by atoms with E-state index in [1.54, 1.807) is 0 Å². The van der Waals surface area contributed by atoms with E-state index in [0.29, 0.717) is 23.9 Å². The molecular weight excluding hydrogens is 380 g/mol. The Labute approximate surface area is 192 Å². The lowest BCUT2D eigenvalue weighted by atomic mass is 9.42. The molecule has 0 radical (unpaired) electrons. The summed E-state index contributed by atoms with van der Waals surface area (Å²) in [5, 5.41) is 0. The third-order valence-electron chi connectivity index (χ3n) is 10.7. The maximum atomic E-state index is 11.8. The van der Waals surface area contributed by atoms with E-state index in [0.717, 1.165) is 41.9 Å². The third-order valence-corrected chi connectivity index (χ3v) is 10.7. The number of esters is 1. The van der Waals surface area contributed by atoms with Gasteiger partial charge in [0.25, 0.3) is 0 Å². The van der Waals surface area contributed by atoms with Gasteiger partial charge in [-0.15, -0.1) is 12.8 Å². The number of rotatable bonds is 6. The highest BCUT2D eigenvalue weighted by molar-refractivity contribution is 5.69. The Bertz CT molecular complexity index is 623. The first-order chi connectivity index (χ1) is 14.9. The fourth-order valence-corrected chi connectivity index (χ4v) is 9.33. The SMILES string of the molecule is C#C.CCOC(=O)CCC[C@H]1CCC2[C@@H]3C[C@H](CC)[C@@H]4CCCC[C@]4(C)[C@H]3CC[C@@]21C. The molecule has 0 bridgehead atoms. The third kappa shape index (κ3) is 4.45. The van der Waals surface area contributed by atoms with Crippen molar-refractivity contribution in [2.24, 2.45) is 46.3 Å². The highest BCUT2D eigenvalue weighted by Gasteiger charge is 2.60. The molecule has 4 fully saturated rings. The van der Waals surface area contributed by atoms with Crippen LogP contribution in [-0.2, 0) is 9.53 Å². The van der Waals surface area contributed by atoms with Crippen LogP contribution in [0.25, 0.3) is 0 Å². The summed E-state index contributed by atoms with van der Waals surface area (Å²) in [6.07, 6.45) is 25.6. The second-order valence-corrected chi connectivity index (χ2v) is 11.7. The monoisotopic (exact) mass is 428 g/mol. The van der Waals surface area contributed by atoms with E-state index in [1.165, 1.54) is 70.6 Å². The molecule has 0 spiro atoms. The molecule has 31 heavy (non-hydrogen) atoms. The quantitative estimate of drug-likeness (QED) is 0.321. The second kappa shape index (κ2) is 10.3. The van der Waals surface area contributed by atoms with Gasteiger partial charge in [0.2, 0.25) is 0 Å². The van der Waals surface area contributed by atoms with E-state index in [9.17, 15) is 4.79 Å². The Morgan fingerprint density at radius 2 is 1.68 bits per heavy atom. The van der Waals surface area contributed by atoms with Gasteiger partial charge in [0.1, 0.15) is 0 Å². The van der Waals surface area contributed by atoms with E-state index in [2.05, 4.69) is 33.6 Å². The molecule has 0 N–H and O–H groups in total. The molecule has 176 valence electrons. The van der Waals surface area contributed by atoms with Gasteiger partial charge < -0.3 is 4.74 Å². The number of hydrogen-bond acceptors (Lipinski definition) is 2. The molecule has 0 aromatic rings. The zero-order valence-electron chi connectivity index (χ0n) is 20.8. The first kappa shape index (κ1) is 24.7. The fraction of sp³-hybridized carbons (Fsp3) is 0.897. The molecule has 4 rings (SSSR count). The van der Waals surface area contributed by atoms with E-state index >= 15 is 0 Å². The Hall–Kier alpha value is -0.970. The molecule has 4 saturated carbocycles. The van der Waals surface area contributed by atoms with Gasteiger partial charge in [-0.25, -0.2) is 0 Å². The van der Waals surface area contributed by atoms with Gasteiger partial charge >= 0.3 is 5.97 Å². The lowest BCUT2D eigenvalue weighted by molar-refractivity contribution is -0.143. The molecular formula is C29H48O2. The van der Waals surface area contributed by atoms with E-state index < -0.39 is 0 Å². The number of ether oxygens (including phenoxy) is 1. The summed E-state index contributed by atoms with van der Waals surface area (Å²) in [6, 6.07) is 0. The van der Waals surface area contributed by atoms with E-state index in [-0.39, 0.29) is 5.97 Å². The van der Waals surface area contributed by atoms with Gasteiger partial charge in [-0.2, -0.15) is 0 Å². The molecule has 0 aromatic carbocycles. The van der Waals surface area contributed by atoms with E-state index in [4.69, 9.17) is 4.74 Å². The molecule has 0 heterocycles. The van der Waals surface area contributed by atoms with Gasteiger partial charge in [0.05, 0.1) is 6.61 Å². The molecule has 2 nitrogen and oxygen atoms in total. The lowest BCUT2D eigenvalue weighted by Gasteiger charge is -2.62. The van der Waals surface area contributed by atoms with Gasteiger partial charge in [-0.3, -0.25) is 4.79 Å². The molecule has 0 aromatic heterocycles. The zero-order chi connectivity index (χ0) is 22.6. The molecule has 2 heteroatoms. The topological polar surface area (TPSA) is 26.3 Å². The van der Waals surface area contributed by atoms with Crippen molar-refractivity contribution in [2.45, 2.75) is 111 Å². The van der Waals surface area contributed by atoms with Crippen molar-refractivity contribution in [1.82, 2.24) is 0 Å². The van der Waals surface area contributed by atoms with Gasteiger partial charge in [0.15, 0.2) is 0 Å². The largest absolute Gasteiger partial charge is 0.466 e. The van der Waals surface area contributed by atoms with Crippen LogP contribution >= 0.6 is 0 Å². The number of carbonyl (C=O) groups excluding carboxylic acids is 1. The summed E-state index contributed by atoms with van der Waals surface area (Å²) >= 11 is 0. The first-order valence-electron chi connectivity index (χ1n) is 13.4. The first-order valence-corrected chi connectivity index (χ1v) is 13.4. The minimum atomic E-state index is 0.00485. The van der Waals surface area contributed by atoms with Crippen molar-refractivity contribution in [3.8, 4) is 12.8 Å². The van der Waals surface area contributed by atoms with Crippen molar-refractivity contribution in [3.63, 3.8) is 0 Å². The average molecular weight is 429 g/mol. The predicted octanol–water partition coefficient (Wildman–Crippen LogP) is 7.65. The molecule has 0 amide bonds. The fourth-order valence-electron chi connectivity index (χ4n) is 9.33. The maximum absolute atomic E-state index is 11.8. The van der Waals surface area contributed by atoms with Crippen LogP contribution in [0.5, 0.6) is 0 Å². The van der Waals surface area contributed by atoms with Crippen molar-refractivity contribution in [2.75, 3.05) is 6.61 Å². The Balaban J connectivity index is 0.00000132. The molecule has 0 saturated heterocycles. The molecule has 0 aliphatic heterocycles. The van der Waals surface area contributed by atoms with Crippen molar-refractivity contribution >= 4 is 5.97 Å². The summed E-state index contributed by atoms with van der Waals surface area (Å²) in [5.74, 6) is 5.74. The summed E-state index contributed by atoms with van der Waals surface area (Å²) in [6.45, 7) is 10.2.